The molecule has 1 fully saturated rings. The Kier molecular flexibility index (Phi) is 4.52. The normalized spacial score (nSPS) is 33.9. The second-order valence-electron chi connectivity index (χ2n) is 3.68. The minimum Gasteiger partial charge on any atom is -0.394 e. The van der Waals surface area contributed by atoms with E-state index >= 15 is 0 Å². The Morgan fingerprint density at radius 1 is 1.69 bits per heavy atom. The highest BCUT2D eigenvalue weighted by atomic mass is 32.2. The van der Waals surface area contributed by atoms with Crippen LogP contribution in [0.1, 0.15) is 13.3 Å². The lowest BCUT2D eigenvalue weighted by molar-refractivity contribution is 0.149. The first-order valence-corrected chi connectivity index (χ1v) is 5.74. The van der Waals surface area contributed by atoms with E-state index in [2.05, 4.69) is 12.2 Å². The van der Waals surface area contributed by atoms with Crippen molar-refractivity contribution in [2.45, 2.75) is 24.1 Å². The minimum atomic E-state index is -0.0530. The molecule has 78 valence electrons. The average Bonchev–Trinajstić information content (AvgIpc) is 2.49. The van der Waals surface area contributed by atoms with Crippen molar-refractivity contribution >= 4 is 11.8 Å². The van der Waals surface area contributed by atoms with Gasteiger partial charge in [-0.05, 0) is 6.42 Å². The molecule has 0 aromatic heterocycles. The fourth-order valence-electron chi connectivity index (χ4n) is 1.68. The maximum atomic E-state index is 9.32. The van der Waals surface area contributed by atoms with Crippen molar-refractivity contribution in [1.82, 2.24) is 5.32 Å². The Morgan fingerprint density at radius 3 is 2.92 bits per heavy atom. The van der Waals surface area contributed by atoms with E-state index in [1.54, 1.807) is 7.11 Å². The van der Waals surface area contributed by atoms with Gasteiger partial charge in [-0.15, -0.1) is 0 Å². The van der Waals surface area contributed by atoms with Crippen LogP contribution in [-0.4, -0.2) is 48.5 Å². The van der Waals surface area contributed by atoms with Crippen LogP contribution >= 0.6 is 11.8 Å². The van der Waals surface area contributed by atoms with Crippen LogP contribution in [0.4, 0.5) is 0 Å². The highest BCUT2D eigenvalue weighted by Crippen LogP contribution is 2.33. The molecule has 1 aliphatic heterocycles. The van der Waals surface area contributed by atoms with Crippen molar-refractivity contribution in [3.63, 3.8) is 0 Å². The van der Waals surface area contributed by atoms with Crippen molar-refractivity contribution in [2.75, 3.05) is 32.6 Å². The lowest BCUT2D eigenvalue weighted by Gasteiger charge is -2.27. The Balaban J connectivity index is 2.32. The van der Waals surface area contributed by atoms with Gasteiger partial charge in [-0.3, -0.25) is 0 Å². The summed E-state index contributed by atoms with van der Waals surface area (Å²) in [4.78, 5) is 0. The van der Waals surface area contributed by atoms with E-state index < -0.39 is 0 Å². The third-order valence-corrected chi connectivity index (χ3v) is 3.89. The van der Waals surface area contributed by atoms with Gasteiger partial charge in [0.25, 0.3) is 0 Å². The zero-order chi connectivity index (χ0) is 9.73. The molecule has 1 saturated heterocycles. The van der Waals surface area contributed by atoms with Crippen LogP contribution in [0.5, 0.6) is 0 Å². The van der Waals surface area contributed by atoms with E-state index in [-0.39, 0.29) is 12.1 Å². The summed E-state index contributed by atoms with van der Waals surface area (Å²) in [6, 6.07) is 0. The summed E-state index contributed by atoms with van der Waals surface area (Å²) in [7, 11) is 1.69. The van der Waals surface area contributed by atoms with Crippen molar-refractivity contribution < 1.29 is 9.84 Å². The van der Waals surface area contributed by atoms with Gasteiger partial charge >= 0.3 is 0 Å². The Bertz CT molecular complexity index is 157. The fourth-order valence-corrected chi connectivity index (χ4v) is 3.03. The number of methoxy groups -OCH3 is 1. The average molecular weight is 205 g/mol. The van der Waals surface area contributed by atoms with E-state index in [4.69, 9.17) is 4.74 Å². The highest BCUT2D eigenvalue weighted by molar-refractivity contribution is 8.00. The molecule has 0 bridgehead atoms. The summed E-state index contributed by atoms with van der Waals surface area (Å²) >= 11 is 1.92. The monoisotopic (exact) mass is 205 g/mol. The second-order valence-corrected chi connectivity index (χ2v) is 5.11. The molecule has 1 aliphatic rings. The van der Waals surface area contributed by atoms with Crippen LogP contribution in [0.15, 0.2) is 0 Å². The maximum absolute atomic E-state index is 9.32. The van der Waals surface area contributed by atoms with Crippen LogP contribution < -0.4 is 5.32 Å². The van der Waals surface area contributed by atoms with Gasteiger partial charge in [-0.25, -0.2) is 0 Å². The number of hydrogen-bond acceptors (Lipinski definition) is 4. The van der Waals surface area contributed by atoms with Crippen LogP contribution in [0.3, 0.4) is 0 Å². The standard InChI is InChI=1S/C9H19NO2S/c1-8-5-9(6-11,7-13-8)10-3-4-12-2/h8,10-11H,3-7H2,1-2H3. The fraction of sp³-hybridized carbons (Fsp3) is 1.00. The quantitative estimate of drug-likeness (QED) is 0.641. The van der Waals surface area contributed by atoms with Crippen LogP contribution in [0.25, 0.3) is 0 Å². The van der Waals surface area contributed by atoms with Crippen molar-refractivity contribution in [1.29, 1.82) is 0 Å². The van der Waals surface area contributed by atoms with E-state index in [9.17, 15) is 5.11 Å². The lowest BCUT2D eigenvalue weighted by Crippen LogP contribution is -2.50. The summed E-state index contributed by atoms with van der Waals surface area (Å²) in [5, 5.41) is 13.4. The van der Waals surface area contributed by atoms with Gasteiger partial charge in [0.1, 0.15) is 0 Å². The second kappa shape index (κ2) is 5.20. The summed E-state index contributed by atoms with van der Waals surface area (Å²) in [5.41, 5.74) is -0.0530. The predicted molar refractivity (Wildman–Crippen MR) is 56.2 cm³/mol. The molecular formula is C9H19NO2S. The predicted octanol–water partition coefficient (Wildman–Crippen LogP) is 0.479. The van der Waals surface area contributed by atoms with Crippen molar-refractivity contribution in [3.05, 3.63) is 0 Å². The molecule has 3 nitrogen and oxygen atoms in total. The number of nitrogens with one attached hydrogen (secondary N) is 1. The van der Waals surface area contributed by atoms with Gasteiger partial charge < -0.3 is 15.2 Å². The van der Waals surface area contributed by atoms with Gasteiger partial charge in [0, 0.05) is 24.7 Å². The van der Waals surface area contributed by atoms with Gasteiger partial charge in [-0.2, -0.15) is 11.8 Å². The smallest absolute Gasteiger partial charge is 0.0621 e. The summed E-state index contributed by atoms with van der Waals surface area (Å²) in [5.74, 6) is 1.01. The molecule has 2 N–H and O–H groups in total. The molecule has 0 amide bonds. The Hall–Kier alpha value is 0.230. The molecule has 1 rings (SSSR count). The topological polar surface area (TPSA) is 41.5 Å². The molecule has 0 saturated carbocycles. The summed E-state index contributed by atoms with van der Waals surface area (Å²) in [6.07, 6.45) is 1.05. The number of rotatable bonds is 5. The van der Waals surface area contributed by atoms with Gasteiger partial charge in [0.05, 0.1) is 18.8 Å². The Morgan fingerprint density at radius 2 is 2.46 bits per heavy atom. The zero-order valence-corrected chi connectivity index (χ0v) is 9.19. The van der Waals surface area contributed by atoms with E-state index in [0.29, 0.717) is 11.9 Å². The van der Waals surface area contributed by atoms with E-state index in [0.717, 1.165) is 18.7 Å². The number of ether oxygens (including phenoxy) is 1. The molecule has 2 atom stereocenters. The van der Waals surface area contributed by atoms with Crippen molar-refractivity contribution in [3.8, 4) is 0 Å². The number of hydrogen-bond donors (Lipinski definition) is 2. The molecule has 0 spiro atoms. The van der Waals surface area contributed by atoms with E-state index in [1.807, 2.05) is 11.8 Å². The van der Waals surface area contributed by atoms with Crippen molar-refractivity contribution in [2.24, 2.45) is 0 Å². The maximum Gasteiger partial charge on any atom is 0.0621 e. The number of aliphatic hydroxyl groups is 1. The van der Waals surface area contributed by atoms with E-state index in [1.165, 1.54) is 0 Å². The molecule has 13 heavy (non-hydrogen) atoms. The molecule has 0 aromatic carbocycles. The number of aliphatic hydroxyl groups excluding tert-OH is 1. The molecule has 0 radical (unpaired) electrons. The summed E-state index contributed by atoms with van der Waals surface area (Å²) < 4.78 is 4.97. The first kappa shape index (κ1) is 11.3. The molecule has 0 aromatic rings. The zero-order valence-electron chi connectivity index (χ0n) is 8.38. The lowest BCUT2D eigenvalue weighted by atomic mass is 9.97. The third-order valence-electron chi connectivity index (χ3n) is 2.43. The van der Waals surface area contributed by atoms with Crippen LogP contribution in [0, 0.1) is 0 Å². The largest absolute Gasteiger partial charge is 0.394 e. The Labute approximate surface area is 84.2 Å². The minimum absolute atomic E-state index is 0.0530. The first-order valence-electron chi connectivity index (χ1n) is 4.69. The molecule has 0 aliphatic carbocycles. The van der Waals surface area contributed by atoms with Gasteiger partial charge in [-0.1, -0.05) is 6.92 Å². The first-order chi connectivity index (χ1) is 6.22. The van der Waals surface area contributed by atoms with Gasteiger partial charge in [0.2, 0.25) is 0 Å². The summed E-state index contributed by atoms with van der Waals surface area (Å²) in [6.45, 7) is 3.97. The van der Waals surface area contributed by atoms with Crippen LogP contribution in [0.2, 0.25) is 0 Å². The molecular weight excluding hydrogens is 186 g/mol. The van der Waals surface area contributed by atoms with Crippen LogP contribution in [-0.2, 0) is 4.74 Å². The molecule has 1 heterocycles. The van der Waals surface area contributed by atoms with Gasteiger partial charge in [0.15, 0.2) is 0 Å². The molecule has 2 unspecified atom stereocenters. The molecule has 4 heteroatoms. The number of thioether (sulfide) groups is 1. The SMILES string of the molecule is COCCNC1(CO)CSC(C)C1. The highest BCUT2D eigenvalue weighted by Gasteiger charge is 2.36. The third kappa shape index (κ3) is 3.13.